The van der Waals surface area contributed by atoms with Crippen molar-refractivity contribution in [1.29, 1.82) is 5.26 Å². The summed E-state index contributed by atoms with van der Waals surface area (Å²) in [5.74, 6) is 0.830. The zero-order valence-electron chi connectivity index (χ0n) is 11.6. The zero-order chi connectivity index (χ0) is 14.5. The molecular weight excluding hydrogens is 266 g/mol. The van der Waals surface area contributed by atoms with E-state index in [0.717, 1.165) is 16.2 Å². The van der Waals surface area contributed by atoms with Gasteiger partial charge >= 0.3 is 0 Å². The van der Waals surface area contributed by atoms with Crippen LogP contribution in [0.5, 0.6) is 0 Å². The predicted molar refractivity (Wildman–Crippen MR) is 82.5 cm³/mol. The third kappa shape index (κ3) is 3.63. The minimum Gasteiger partial charge on any atom is -0.389 e. The van der Waals surface area contributed by atoms with Gasteiger partial charge in [0.25, 0.3) is 0 Å². The third-order valence-electron chi connectivity index (χ3n) is 3.07. The van der Waals surface area contributed by atoms with Crippen LogP contribution in [0, 0.1) is 18.3 Å². The number of hydrogen-bond donors (Lipinski definition) is 1. The van der Waals surface area contributed by atoms with E-state index in [9.17, 15) is 5.11 Å². The quantitative estimate of drug-likeness (QED) is 0.855. The molecule has 2 rings (SSSR count). The van der Waals surface area contributed by atoms with Crippen LogP contribution in [0.15, 0.2) is 47.4 Å². The van der Waals surface area contributed by atoms with E-state index >= 15 is 0 Å². The average Bonchev–Trinajstić information content (AvgIpc) is 2.44. The number of benzene rings is 2. The fraction of sp³-hybridized carbons (Fsp3) is 0.235. The third-order valence-corrected chi connectivity index (χ3v) is 4.21. The fourth-order valence-electron chi connectivity index (χ4n) is 2.04. The Morgan fingerprint density at radius 1 is 1.25 bits per heavy atom. The predicted octanol–water partition coefficient (Wildman–Crippen LogP) is 4.21. The average molecular weight is 283 g/mol. The van der Waals surface area contributed by atoms with Gasteiger partial charge in [0.05, 0.1) is 17.7 Å². The summed E-state index contributed by atoms with van der Waals surface area (Å²) in [6.07, 6.45) is -0.525. The summed E-state index contributed by atoms with van der Waals surface area (Å²) < 4.78 is 0. The van der Waals surface area contributed by atoms with Gasteiger partial charge in [-0.05, 0) is 37.1 Å². The topological polar surface area (TPSA) is 44.0 Å². The Balaban J connectivity index is 2.21. The minimum absolute atomic E-state index is 0.525. The van der Waals surface area contributed by atoms with E-state index in [0.29, 0.717) is 5.56 Å². The van der Waals surface area contributed by atoms with Gasteiger partial charge in [-0.2, -0.15) is 5.26 Å². The van der Waals surface area contributed by atoms with Gasteiger partial charge in [-0.1, -0.05) is 35.9 Å². The van der Waals surface area contributed by atoms with E-state index in [1.54, 1.807) is 24.8 Å². The number of aliphatic hydroxyl groups excluding tert-OH is 1. The number of nitriles is 1. The van der Waals surface area contributed by atoms with Gasteiger partial charge in [0.15, 0.2) is 0 Å². The number of aryl methyl sites for hydroxylation is 1. The first-order valence-corrected chi connectivity index (χ1v) is 7.49. The van der Waals surface area contributed by atoms with E-state index in [2.05, 4.69) is 31.2 Å². The highest BCUT2D eigenvalue weighted by Crippen LogP contribution is 2.31. The lowest BCUT2D eigenvalue weighted by Gasteiger charge is -2.12. The normalized spacial score (nSPS) is 11.9. The van der Waals surface area contributed by atoms with Crippen molar-refractivity contribution in [2.24, 2.45) is 0 Å². The Hall–Kier alpha value is -1.76. The van der Waals surface area contributed by atoms with Crippen LogP contribution in [0.25, 0.3) is 0 Å². The van der Waals surface area contributed by atoms with E-state index in [1.165, 1.54) is 11.1 Å². The molecule has 0 saturated carbocycles. The lowest BCUT2D eigenvalue weighted by Crippen LogP contribution is -1.95. The SMILES string of the molecule is Cc1cccc(CSc2cc(C#N)ccc2[C@H](C)O)c1. The molecule has 2 aromatic carbocycles. The fourth-order valence-corrected chi connectivity index (χ4v) is 3.15. The molecule has 0 spiro atoms. The molecule has 0 aliphatic heterocycles. The van der Waals surface area contributed by atoms with Crippen molar-refractivity contribution in [1.82, 2.24) is 0 Å². The molecule has 102 valence electrons. The maximum Gasteiger partial charge on any atom is 0.0992 e. The summed E-state index contributed by atoms with van der Waals surface area (Å²) in [7, 11) is 0. The van der Waals surface area contributed by atoms with Crippen LogP contribution < -0.4 is 0 Å². The van der Waals surface area contributed by atoms with Gasteiger partial charge in [0.2, 0.25) is 0 Å². The molecule has 0 heterocycles. The maximum absolute atomic E-state index is 9.81. The minimum atomic E-state index is -0.525. The summed E-state index contributed by atoms with van der Waals surface area (Å²) in [4.78, 5) is 0.973. The summed E-state index contributed by atoms with van der Waals surface area (Å²) >= 11 is 1.66. The van der Waals surface area contributed by atoms with Gasteiger partial charge in [0.1, 0.15) is 0 Å². The Kier molecular flexibility index (Phi) is 4.84. The molecule has 0 aliphatic rings. The monoisotopic (exact) mass is 283 g/mol. The molecule has 1 atom stereocenters. The van der Waals surface area contributed by atoms with Crippen LogP contribution in [0.4, 0.5) is 0 Å². The van der Waals surface area contributed by atoms with E-state index in [-0.39, 0.29) is 0 Å². The summed E-state index contributed by atoms with van der Waals surface area (Å²) in [5.41, 5.74) is 3.99. The van der Waals surface area contributed by atoms with Crippen LogP contribution in [0.3, 0.4) is 0 Å². The van der Waals surface area contributed by atoms with Crippen molar-refractivity contribution in [3.05, 3.63) is 64.7 Å². The van der Waals surface area contributed by atoms with Crippen molar-refractivity contribution in [2.45, 2.75) is 30.6 Å². The van der Waals surface area contributed by atoms with E-state index in [4.69, 9.17) is 5.26 Å². The number of aliphatic hydroxyl groups is 1. The van der Waals surface area contributed by atoms with Gasteiger partial charge in [-0.25, -0.2) is 0 Å². The highest BCUT2D eigenvalue weighted by molar-refractivity contribution is 7.98. The smallest absolute Gasteiger partial charge is 0.0992 e. The van der Waals surface area contributed by atoms with Gasteiger partial charge in [-0.3, -0.25) is 0 Å². The Morgan fingerprint density at radius 2 is 2.05 bits per heavy atom. The number of hydrogen-bond acceptors (Lipinski definition) is 3. The molecule has 0 bridgehead atoms. The second-order valence-electron chi connectivity index (χ2n) is 4.82. The molecule has 1 N–H and O–H groups in total. The second kappa shape index (κ2) is 6.60. The molecule has 0 fully saturated rings. The molecule has 2 nitrogen and oxygen atoms in total. The lowest BCUT2D eigenvalue weighted by atomic mass is 10.1. The van der Waals surface area contributed by atoms with E-state index in [1.807, 2.05) is 18.2 Å². The Bertz CT molecular complexity index is 644. The maximum atomic E-state index is 9.81. The molecule has 0 aromatic heterocycles. The Morgan fingerprint density at radius 3 is 2.70 bits per heavy atom. The highest BCUT2D eigenvalue weighted by atomic mass is 32.2. The second-order valence-corrected chi connectivity index (χ2v) is 5.84. The lowest BCUT2D eigenvalue weighted by molar-refractivity contribution is 0.196. The summed E-state index contributed by atoms with van der Waals surface area (Å²) in [5, 5.41) is 18.8. The summed E-state index contributed by atoms with van der Waals surface area (Å²) in [6, 6.07) is 16.0. The van der Waals surface area contributed by atoms with Crippen LogP contribution in [0.2, 0.25) is 0 Å². The molecule has 0 saturated heterocycles. The van der Waals surface area contributed by atoms with Crippen molar-refractivity contribution in [3.8, 4) is 6.07 Å². The van der Waals surface area contributed by atoms with Crippen molar-refractivity contribution in [3.63, 3.8) is 0 Å². The van der Waals surface area contributed by atoms with Crippen LogP contribution in [0.1, 0.15) is 35.3 Å². The molecule has 0 radical (unpaired) electrons. The molecule has 20 heavy (non-hydrogen) atoms. The zero-order valence-corrected chi connectivity index (χ0v) is 12.4. The highest BCUT2D eigenvalue weighted by Gasteiger charge is 2.09. The number of thioether (sulfide) groups is 1. The first-order chi connectivity index (χ1) is 9.60. The van der Waals surface area contributed by atoms with E-state index < -0.39 is 6.10 Å². The first kappa shape index (κ1) is 14.6. The standard InChI is InChI=1S/C17H17NOS/c1-12-4-3-5-15(8-12)11-20-17-9-14(10-18)6-7-16(17)13(2)19/h3-9,13,19H,11H2,1-2H3/t13-/m0/s1. The van der Waals surface area contributed by atoms with Gasteiger partial charge < -0.3 is 5.11 Å². The van der Waals surface area contributed by atoms with Crippen molar-refractivity contribution in [2.75, 3.05) is 0 Å². The van der Waals surface area contributed by atoms with Crippen molar-refractivity contribution >= 4 is 11.8 Å². The molecule has 2 aromatic rings. The van der Waals surface area contributed by atoms with Crippen molar-refractivity contribution < 1.29 is 5.11 Å². The Labute approximate surface area is 124 Å². The van der Waals surface area contributed by atoms with Crippen LogP contribution >= 0.6 is 11.8 Å². The number of nitrogens with zero attached hydrogens (tertiary/aromatic N) is 1. The summed E-state index contributed by atoms with van der Waals surface area (Å²) in [6.45, 7) is 3.82. The molecule has 3 heteroatoms. The van der Waals surface area contributed by atoms with Crippen LogP contribution in [-0.4, -0.2) is 5.11 Å². The molecular formula is C17H17NOS. The number of rotatable bonds is 4. The molecule has 0 aliphatic carbocycles. The molecule has 0 amide bonds. The largest absolute Gasteiger partial charge is 0.389 e. The first-order valence-electron chi connectivity index (χ1n) is 6.50. The van der Waals surface area contributed by atoms with Gasteiger partial charge in [-0.15, -0.1) is 11.8 Å². The molecule has 0 unspecified atom stereocenters. The van der Waals surface area contributed by atoms with Gasteiger partial charge in [0, 0.05) is 10.6 Å². The van der Waals surface area contributed by atoms with Crippen LogP contribution in [-0.2, 0) is 5.75 Å².